The molecule has 0 saturated heterocycles. The van der Waals surface area contributed by atoms with E-state index in [1.807, 2.05) is 0 Å². The Bertz CT molecular complexity index is 1690. The molecular formula is C32H23N. The van der Waals surface area contributed by atoms with Gasteiger partial charge in [-0.15, -0.1) is 0 Å². The smallest absolute Gasteiger partial charge is 0.0541 e. The molecule has 0 radical (unpaired) electrons. The molecule has 0 spiro atoms. The third-order valence-corrected chi connectivity index (χ3v) is 7.23. The van der Waals surface area contributed by atoms with Crippen LogP contribution >= 0.6 is 0 Å². The molecule has 1 aliphatic rings. The number of aryl methyl sites for hydroxylation is 1. The molecule has 0 atom stereocenters. The van der Waals surface area contributed by atoms with E-state index in [0.29, 0.717) is 0 Å². The molecule has 6 aromatic rings. The number of hydrogen-bond acceptors (Lipinski definition) is 0. The van der Waals surface area contributed by atoms with E-state index in [2.05, 4.69) is 121 Å². The van der Waals surface area contributed by atoms with E-state index in [0.717, 1.165) is 6.42 Å². The van der Waals surface area contributed by atoms with Gasteiger partial charge in [-0.05, 0) is 82.6 Å². The second-order valence-electron chi connectivity index (χ2n) is 9.03. The van der Waals surface area contributed by atoms with Gasteiger partial charge in [0.1, 0.15) is 0 Å². The van der Waals surface area contributed by atoms with Crippen molar-refractivity contribution in [3.8, 4) is 27.9 Å². The van der Waals surface area contributed by atoms with Crippen LogP contribution in [0.15, 0.2) is 109 Å². The summed E-state index contributed by atoms with van der Waals surface area (Å²) in [4.78, 5) is 0. The fourth-order valence-corrected chi connectivity index (χ4v) is 5.66. The maximum Gasteiger partial charge on any atom is 0.0541 e. The number of aromatic nitrogens is 1. The van der Waals surface area contributed by atoms with Crippen molar-refractivity contribution in [3.05, 3.63) is 126 Å². The largest absolute Gasteiger partial charge is 0.309 e. The first kappa shape index (κ1) is 18.5. The molecule has 1 heteroatoms. The summed E-state index contributed by atoms with van der Waals surface area (Å²) >= 11 is 0. The molecule has 1 heterocycles. The van der Waals surface area contributed by atoms with Gasteiger partial charge >= 0.3 is 0 Å². The van der Waals surface area contributed by atoms with Crippen LogP contribution in [-0.2, 0) is 6.42 Å². The summed E-state index contributed by atoms with van der Waals surface area (Å²) in [6, 6.07) is 39.9. The summed E-state index contributed by atoms with van der Waals surface area (Å²) in [5, 5.41) is 2.60. The van der Waals surface area contributed by atoms with Crippen molar-refractivity contribution in [1.82, 2.24) is 4.57 Å². The molecule has 0 aliphatic heterocycles. The van der Waals surface area contributed by atoms with E-state index < -0.39 is 0 Å². The number of nitrogens with zero attached hydrogens (tertiary/aromatic N) is 1. The van der Waals surface area contributed by atoms with Gasteiger partial charge in [0, 0.05) is 16.5 Å². The highest BCUT2D eigenvalue weighted by Gasteiger charge is 2.23. The van der Waals surface area contributed by atoms with E-state index in [4.69, 9.17) is 0 Å². The van der Waals surface area contributed by atoms with Gasteiger partial charge in [-0.3, -0.25) is 0 Å². The monoisotopic (exact) mass is 421 g/mol. The Morgan fingerprint density at radius 3 is 2.12 bits per heavy atom. The molecule has 0 amide bonds. The topological polar surface area (TPSA) is 4.93 Å². The van der Waals surface area contributed by atoms with E-state index in [1.54, 1.807) is 0 Å². The molecule has 0 unspecified atom stereocenters. The quantitative estimate of drug-likeness (QED) is 0.264. The predicted molar refractivity (Wildman–Crippen MR) is 139 cm³/mol. The molecule has 33 heavy (non-hydrogen) atoms. The molecule has 1 aliphatic carbocycles. The van der Waals surface area contributed by atoms with Crippen molar-refractivity contribution in [2.45, 2.75) is 13.3 Å². The van der Waals surface area contributed by atoms with Crippen molar-refractivity contribution in [2.24, 2.45) is 0 Å². The van der Waals surface area contributed by atoms with Gasteiger partial charge < -0.3 is 4.57 Å². The summed E-state index contributed by atoms with van der Waals surface area (Å²) in [6.07, 6.45) is 1.01. The summed E-state index contributed by atoms with van der Waals surface area (Å²) in [6.45, 7) is 2.23. The van der Waals surface area contributed by atoms with E-state index >= 15 is 0 Å². The first-order chi connectivity index (χ1) is 16.3. The van der Waals surface area contributed by atoms with Gasteiger partial charge in [-0.2, -0.15) is 0 Å². The minimum Gasteiger partial charge on any atom is -0.309 e. The number of hydrogen-bond donors (Lipinski definition) is 0. The molecule has 156 valence electrons. The average molecular weight is 422 g/mol. The SMILES string of the molecule is Cc1cccc2c1Cc1c(-c3ccc4c(c3)c3ccccc3n4-c3ccccc3)cccc1-2. The molecule has 1 nitrogen and oxygen atoms in total. The molecule has 5 aromatic carbocycles. The molecule has 0 fully saturated rings. The first-order valence-electron chi connectivity index (χ1n) is 11.6. The lowest BCUT2D eigenvalue weighted by atomic mass is 9.94. The zero-order valence-electron chi connectivity index (χ0n) is 18.5. The minimum absolute atomic E-state index is 1.01. The van der Waals surface area contributed by atoms with Crippen LogP contribution < -0.4 is 0 Å². The third kappa shape index (κ3) is 2.66. The van der Waals surface area contributed by atoms with Crippen molar-refractivity contribution in [1.29, 1.82) is 0 Å². The van der Waals surface area contributed by atoms with Gasteiger partial charge in [0.2, 0.25) is 0 Å². The first-order valence-corrected chi connectivity index (χ1v) is 11.6. The lowest BCUT2D eigenvalue weighted by Crippen LogP contribution is -1.93. The molecular weight excluding hydrogens is 398 g/mol. The molecule has 0 bridgehead atoms. The van der Waals surface area contributed by atoms with Crippen LogP contribution in [-0.4, -0.2) is 4.57 Å². The second-order valence-corrected chi connectivity index (χ2v) is 9.03. The van der Waals surface area contributed by atoms with Crippen molar-refractivity contribution < 1.29 is 0 Å². The van der Waals surface area contributed by atoms with Gasteiger partial charge in [0.15, 0.2) is 0 Å². The maximum atomic E-state index is 2.39. The highest BCUT2D eigenvalue weighted by atomic mass is 15.0. The van der Waals surface area contributed by atoms with Crippen LogP contribution in [0, 0.1) is 6.92 Å². The molecule has 0 saturated carbocycles. The molecule has 0 N–H and O–H groups in total. The average Bonchev–Trinajstić information content (AvgIpc) is 3.41. The highest BCUT2D eigenvalue weighted by Crippen LogP contribution is 2.43. The summed E-state index contributed by atoms with van der Waals surface area (Å²) in [7, 11) is 0. The Morgan fingerprint density at radius 1 is 0.545 bits per heavy atom. The minimum atomic E-state index is 1.01. The Balaban J connectivity index is 1.47. The lowest BCUT2D eigenvalue weighted by molar-refractivity contribution is 1.18. The van der Waals surface area contributed by atoms with Gasteiger partial charge in [-0.25, -0.2) is 0 Å². The zero-order valence-corrected chi connectivity index (χ0v) is 18.5. The van der Waals surface area contributed by atoms with Crippen molar-refractivity contribution in [2.75, 3.05) is 0 Å². The van der Waals surface area contributed by atoms with Crippen LogP contribution in [0.5, 0.6) is 0 Å². The maximum absolute atomic E-state index is 2.39. The summed E-state index contributed by atoms with van der Waals surface area (Å²) in [5.41, 5.74) is 13.4. The number of benzene rings is 5. The Kier molecular flexibility index (Phi) is 3.89. The van der Waals surface area contributed by atoms with Gasteiger partial charge in [0.05, 0.1) is 11.0 Å². The summed E-state index contributed by atoms with van der Waals surface area (Å²) < 4.78 is 2.38. The number of rotatable bonds is 2. The van der Waals surface area contributed by atoms with Crippen LogP contribution in [0.1, 0.15) is 16.7 Å². The third-order valence-electron chi connectivity index (χ3n) is 7.23. The fraction of sp³-hybridized carbons (Fsp3) is 0.0625. The number of fused-ring (bicyclic) bond motifs is 6. The van der Waals surface area contributed by atoms with E-state index in [1.165, 1.54) is 66.4 Å². The van der Waals surface area contributed by atoms with Crippen LogP contribution in [0.3, 0.4) is 0 Å². The normalized spacial score (nSPS) is 12.3. The van der Waals surface area contributed by atoms with E-state index in [9.17, 15) is 0 Å². The predicted octanol–water partition coefficient (Wildman–Crippen LogP) is 8.33. The van der Waals surface area contributed by atoms with Crippen LogP contribution in [0.4, 0.5) is 0 Å². The Hall–Kier alpha value is -4.10. The van der Waals surface area contributed by atoms with Crippen LogP contribution in [0.25, 0.3) is 49.7 Å². The van der Waals surface area contributed by atoms with Crippen molar-refractivity contribution >= 4 is 21.8 Å². The molecule has 1 aromatic heterocycles. The number of para-hydroxylation sites is 2. The van der Waals surface area contributed by atoms with Gasteiger partial charge in [-0.1, -0.05) is 78.9 Å². The highest BCUT2D eigenvalue weighted by molar-refractivity contribution is 6.10. The van der Waals surface area contributed by atoms with Gasteiger partial charge in [0.25, 0.3) is 0 Å². The standard InChI is InChI=1S/C32H23N/c1-21-9-7-14-25-26-15-8-13-24(29(26)20-28(21)25)22-17-18-32-30(19-22)27-12-5-6-16-31(27)33(32)23-10-3-2-4-11-23/h2-19H,20H2,1H3. The van der Waals surface area contributed by atoms with E-state index in [-0.39, 0.29) is 0 Å². The summed E-state index contributed by atoms with van der Waals surface area (Å²) in [5.74, 6) is 0. The fourth-order valence-electron chi connectivity index (χ4n) is 5.66. The van der Waals surface area contributed by atoms with Crippen LogP contribution in [0.2, 0.25) is 0 Å². The lowest BCUT2D eigenvalue weighted by Gasteiger charge is -2.11. The Labute approximate surface area is 193 Å². The second kappa shape index (κ2) is 6.95. The molecule has 7 rings (SSSR count). The Morgan fingerprint density at radius 2 is 1.24 bits per heavy atom. The zero-order chi connectivity index (χ0) is 21.9. The van der Waals surface area contributed by atoms with Crippen molar-refractivity contribution in [3.63, 3.8) is 0 Å².